The van der Waals surface area contributed by atoms with Crippen molar-refractivity contribution in [2.75, 3.05) is 25.1 Å². The second kappa shape index (κ2) is 8.90. The lowest BCUT2D eigenvalue weighted by atomic mass is 9.82. The first-order valence-electron chi connectivity index (χ1n) is 9.35. The van der Waals surface area contributed by atoms with Gasteiger partial charge in [0, 0.05) is 31.0 Å². The Bertz CT molecular complexity index is 724. The van der Waals surface area contributed by atoms with Crippen molar-refractivity contribution in [3.63, 3.8) is 0 Å². The summed E-state index contributed by atoms with van der Waals surface area (Å²) in [5, 5.41) is 2.71. The largest absolute Gasteiger partial charge is 0.364 e. The molecule has 1 aliphatic carbocycles. The van der Waals surface area contributed by atoms with Gasteiger partial charge in [0.1, 0.15) is 13.2 Å². The molecule has 7 heteroatoms. The number of Topliss-reactive ketones (excluding diaryl/α,β-unsaturated/α-hetero) is 1. The molecule has 0 radical (unpaired) electrons. The molecule has 0 atom stereocenters. The Kier molecular flexibility index (Phi) is 6.34. The number of anilines is 1. The summed E-state index contributed by atoms with van der Waals surface area (Å²) in [6, 6.07) is 7.18. The molecule has 0 spiro atoms. The highest BCUT2D eigenvalue weighted by molar-refractivity contribution is 5.99. The van der Waals surface area contributed by atoms with Gasteiger partial charge in [0.25, 0.3) is 0 Å². The number of ether oxygens (including phenoxy) is 1. The highest BCUT2D eigenvalue weighted by atomic mass is 16.5. The van der Waals surface area contributed by atoms with Gasteiger partial charge in [-0.05, 0) is 37.0 Å². The second-order valence-electron chi connectivity index (χ2n) is 7.02. The number of aryl methyl sites for hydroxylation is 1. The van der Waals surface area contributed by atoms with E-state index in [0.29, 0.717) is 31.5 Å². The zero-order valence-corrected chi connectivity index (χ0v) is 15.2. The number of carbonyl (C=O) groups is 4. The molecule has 3 rings (SSSR count). The Morgan fingerprint density at radius 1 is 1.11 bits per heavy atom. The van der Waals surface area contributed by atoms with Crippen LogP contribution in [0.15, 0.2) is 24.3 Å². The fourth-order valence-electron chi connectivity index (χ4n) is 3.01. The standard InChI is InChI=1S/C20H24N2O5/c23-17(15-2-1-3-15)12-27-13-18(24)21-16-7-4-14(5-8-16)6-9-19(25)22-11-10-20(22)26/h4-5,7-8,15H,1-3,6,9-13H2,(H,21,24). The molecular formula is C20H24N2O5. The van der Waals surface area contributed by atoms with Gasteiger partial charge in [-0.2, -0.15) is 0 Å². The van der Waals surface area contributed by atoms with Gasteiger partial charge in [0.05, 0.1) is 0 Å². The van der Waals surface area contributed by atoms with E-state index in [4.69, 9.17) is 4.74 Å². The summed E-state index contributed by atoms with van der Waals surface area (Å²) in [5.74, 6) is -0.359. The van der Waals surface area contributed by atoms with E-state index >= 15 is 0 Å². The van der Waals surface area contributed by atoms with Crippen LogP contribution >= 0.6 is 0 Å². The third-order valence-electron chi connectivity index (χ3n) is 5.05. The van der Waals surface area contributed by atoms with Crippen LogP contribution in [0.25, 0.3) is 0 Å². The molecule has 1 N–H and O–H groups in total. The lowest BCUT2D eigenvalue weighted by Gasteiger charge is -2.28. The van der Waals surface area contributed by atoms with Crippen LogP contribution in [0, 0.1) is 5.92 Å². The maximum atomic E-state index is 11.9. The quantitative estimate of drug-likeness (QED) is 0.666. The van der Waals surface area contributed by atoms with Crippen molar-refractivity contribution in [1.82, 2.24) is 4.90 Å². The molecule has 3 amide bonds. The first kappa shape index (κ1) is 19.2. The summed E-state index contributed by atoms with van der Waals surface area (Å²) < 4.78 is 5.19. The van der Waals surface area contributed by atoms with Crippen molar-refractivity contribution in [3.8, 4) is 0 Å². The van der Waals surface area contributed by atoms with E-state index in [2.05, 4.69) is 5.32 Å². The van der Waals surface area contributed by atoms with E-state index in [1.165, 1.54) is 4.90 Å². The maximum Gasteiger partial charge on any atom is 0.250 e. The summed E-state index contributed by atoms with van der Waals surface area (Å²) in [4.78, 5) is 47.9. The lowest BCUT2D eigenvalue weighted by Crippen LogP contribution is -2.47. The predicted octanol–water partition coefficient (Wildman–Crippen LogP) is 1.70. The monoisotopic (exact) mass is 372 g/mol. The molecule has 144 valence electrons. The van der Waals surface area contributed by atoms with Crippen molar-refractivity contribution < 1.29 is 23.9 Å². The molecular weight excluding hydrogens is 348 g/mol. The number of hydrogen-bond donors (Lipinski definition) is 1. The van der Waals surface area contributed by atoms with Crippen molar-refractivity contribution in [2.45, 2.75) is 38.5 Å². The number of nitrogens with zero attached hydrogens (tertiary/aromatic N) is 1. The summed E-state index contributed by atoms with van der Waals surface area (Å²) in [5.41, 5.74) is 1.58. The van der Waals surface area contributed by atoms with Crippen LogP contribution in [0.3, 0.4) is 0 Å². The number of nitrogens with one attached hydrogen (secondary N) is 1. The van der Waals surface area contributed by atoms with Crippen LogP contribution in [0.1, 0.15) is 37.7 Å². The molecule has 2 fully saturated rings. The number of ketones is 1. The molecule has 1 aromatic rings. The normalized spacial score (nSPS) is 16.4. The zero-order valence-electron chi connectivity index (χ0n) is 15.2. The third kappa shape index (κ3) is 5.23. The number of imide groups is 1. The van der Waals surface area contributed by atoms with E-state index in [1.54, 1.807) is 12.1 Å². The minimum Gasteiger partial charge on any atom is -0.364 e. The average Bonchev–Trinajstić information content (AvgIpc) is 2.58. The number of β-lactam (4-membered cyclic amide) rings is 1. The van der Waals surface area contributed by atoms with Crippen LogP contribution in [0.2, 0.25) is 0 Å². The first-order valence-corrected chi connectivity index (χ1v) is 9.35. The number of likely N-dealkylation sites (tertiary alicyclic amines) is 1. The van der Waals surface area contributed by atoms with E-state index in [-0.39, 0.29) is 42.6 Å². The van der Waals surface area contributed by atoms with Crippen molar-refractivity contribution in [3.05, 3.63) is 29.8 Å². The maximum absolute atomic E-state index is 11.9. The van der Waals surface area contributed by atoms with Crippen LogP contribution in [0.5, 0.6) is 0 Å². The summed E-state index contributed by atoms with van der Waals surface area (Å²) in [6.45, 7) is 0.361. The minimum atomic E-state index is -0.310. The molecule has 1 heterocycles. The van der Waals surface area contributed by atoms with Gasteiger partial charge < -0.3 is 10.1 Å². The van der Waals surface area contributed by atoms with Crippen LogP contribution in [0.4, 0.5) is 5.69 Å². The topological polar surface area (TPSA) is 92.8 Å². The van der Waals surface area contributed by atoms with Crippen LogP contribution in [-0.2, 0) is 30.3 Å². The van der Waals surface area contributed by atoms with Gasteiger partial charge >= 0.3 is 0 Å². The van der Waals surface area contributed by atoms with Gasteiger partial charge in [-0.3, -0.25) is 24.1 Å². The number of amides is 3. The number of hydrogen-bond acceptors (Lipinski definition) is 5. The Labute approximate surface area is 158 Å². The van der Waals surface area contributed by atoms with Crippen LogP contribution in [-0.4, -0.2) is 48.2 Å². The van der Waals surface area contributed by atoms with Crippen molar-refractivity contribution in [1.29, 1.82) is 0 Å². The van der Waals surface area contributed by atoms with Gasteiger partial charge in [0.2, 0.25) is 17.7 Å². The van der Waals surface area contributed by atoms with Gasteiger partial charge in [-0.15, -0.1) is 0 Å². The Balaban J connectivity index is 1.35. The smallest absolute Gasteiger partial charge is 0.250 e. The number of rotatable bonds is 9. The molecule has 7 nitrogen and oxygen atoms in total. The van der Waals surface area contributed by atoms with Gasteiger partial charge in [-0.25, -0.2) is 0 Å². The average molecular weight is 372 g/mol. The molecule has 1 saturated heterocycles. The Hall–Kier alpha value is -2.54. The SMILES string of the molecule is O=C(COCC(=O)C1CCC1)Nc1ccc(CCC(=O)N2CCC2=O)cc1. The Morgan fingerprint density at radius 3 is 2.41 bits per heavy atom. The van der Waals surface area contributed by atoms with E-state index < -0.39 is 0 Å². The third-order valence-corrected chi connectivity index (χ3v) is 5.05. The highest BCUT2D eigenvalue weighted by Gasteiger charge is 2.29. The Morgan fingerprint density at radius 2 is 1.85 bits per heavy atom. The van der Waals surface area contributed by atoms with Crippen molar-refractivity contribution in [2.24, 2.45) is 5.92 Å². The molecule has 0 aromatic heterocycles. The highest BCUT2D eigenvalue weighted by Crippen LogP contribution is 2.27. The molecule has 2 aliphatic rings. The fourth-order valence-corrected chi connectivity index (χ4v) is 3.01. The van der Waals surface area contributed by atoms with E-state index in [1.807, 2.05) is 12.1 Å². The number of benzene rings is 1. The molecule has 1 saturated carbocycles. The first-order chi connectivity index (χ1) is 13.0. The summed E-state index contributed by atoms with van der Waals surface area (Å²) >= 11 is 0. The summed E-state index contributed by atoms with van der Waals surface area (Å²) in [7, 11) is 0. The molecule has 1 aromatic carbocycles. The number of carbonyl (C=O) groups excluding carboxylic acids is 4. The fraction of sp³-hybridized carbons (Fsp3) is 0.500. The zero-order chi connectivity index (χ0) is 19.2. The van der Waals surface area contributed by atoms with E-state index in [9.17, 15) is 19.2 Å². The lowest BCUT2D eigenvalue weighted by molar-refractivity contribution is -0.152. The minimum absolute atomic E-state index is 0.00935. The molecule has 27 heavy (non-hydrogen) atoms. The molecule has 0 bridgehead atoms. The second-order valence-corrected chi connectivity index (χ2v) is 7.02. The van der Waals surface area contributed by atoms with Gasteiger partial charge in [-0.1, -0.05) is 18.6 Å². The van der Waals surface area contributed by atoms with Gasteiger partial charge in [0.15, 0.2) is 5.78 Å². The summed E-state index contributed by atoms with van der Waals surface area (Å²) in [6.07, 6.45) is 4.25. The van der Waals surface area contributed by atoms with Crippen LogP contribution < -0.4 is 5.32 Å². The van der Waals surface area contributed by atoms with Crippen molar-refractivity contribution >= 4 is 29.2 Å². The molecule has 0 unspecified atom stereocenters. The predicted molar refractivity (Wildman–Crippen MR) is 97.9 cm³/mol. The molecule has 1 aliphatic heterocycles. The van der Waals surface area contributed by atoms with E-state index in [0.717, 1.165) is 24.8 Å².